The molecule has 0 radical (unpaired) electrons. The van der Waals surface area contributed by atoms with Crippen LogP contribution in [0.1, 0.15) is 47.6 Å². The van der Waals surface area contributed by atoms with Crippen LogP contribution < -0.4 is 15.5 Å². The molecule has 9 nitrogen and oxygen atoms in total. The van der Waals surface area contributed by atoms with Crippen LogP contribution in [0.25, 0.3) is 11.2 Å². The molecule has 2 N–H and O–H groups in total. The molecule has 4 aromatic rings. The van der Waals surface area contributed by atoms with E-state index in [1.807, 2.05) is 61.5 Å². The number of aromatic nitrogens is 4. The van der Waals surface area contributed by atoms with E-state index in [9.17, 15) is 9.59 Å². The number of rotatable bonds is 4. The van der Waals surface area contributed by atoms with Gasteiger partial charge in [0.15, 0.2) is 17.0 Å². The molecule has 0 saturated carbocycles. The number of anilines is 2. The summed E-state index contributed by atoms with van der Waals surface area (Å²) in [4.78, 5) is 41.9. The maximum Gasteiger partial charge on any atom is 0.287 e. The lowest BCUT2D eigenvalue weighted by atomic mass is 9.73. The predicted octanol–water partition coefficient (Wildman–Crippen LogP) is 3.34. The fraction of sp³-hybridized carbons (Fsp3) is 0.296. The summed E-state index contributed by atoms with van der Waals surface area (Å²) in [5, 5.41) is 6.08. The molecule has 0 aliphatic carbocycles. The Morgan fingerprint density at radius 2 is 1.78 bits per heavy atom. The van der Waals surface area contributed by atoms with Crippen molar-refractivity contribution in [2.24, 2.45) is 7.05 Å². The van der Waals surface area contributed by atoms with E-state index >= 15 is 0 Å². The molecule has 2 aliphatic heterocycles. The molecule has 9 heteroatoms. The SMILES string of the molecule is CC(NC(=O)c1nc2c(N3CCC4(CC3)C(=O)Nc3ccccc34)ncnc2n1C)c1ccccc1. The van der Waals surface area contributed by atoms with Crippen molar-refractivity contribution in [3.05, 3.63) is 77.9 Å². The molecule has 2 aliphatic rings. The fourth-order valence-electron chi connectivity index (χ4n) is 5.48. The van der Waals surface area contributed by atoms with Crippen LogP contribution in [0.2, 0.25) is 0 Å². The first kappa shape index (κ1) is 22.2. The quantitative estimate of drug-likeness (QED) is 0.463. The number of aryl methyl sites for hydroxylation is 1. The Hall–Kier alpha value is -4.27. The van der Waals surface area contributed by atoms with Crippen molar-refractivity contribution < 1.29 is 9.59 Å². The Morgan fingerprint density at radius 1 is 1.06 bits per heavy atom. The highest BCUT2D eigenvalue weighted by Gasteiger charge is 2.48. The Morgan fingerprint density at radius 3 is 2.56 bits per heavy atom. The zero-order valence-corrected chi connectivity index (χ0v) is 20.2. The zero-order valence-electron chi connectivity index (χ0n) is 20.2. The summed E-state index contributed by atoms with van der Waals surface area (Å²) in [5.74, 6) is 0.773. The molecular weight excluding hydrogens is 454 g/mol. The third kappa shape index (κ3) is 3.42. The van der Waals surface area contributed by atoms with Crippen molar-refractivity contribution in [1.82, 2.24) is 24.8 Å². The molecule has 36 heavy (non-hydrogen) atoms. The normalized spacial score (nSPS) is 17.2. The van der Waals surface area contributed by atoms with E-state index < -0.39 is 5.41 Å². The van der Waals surface area contributed by atoms with Crippen LogP contribution in [0.5, 0.6) is 0 Å². The minimum Gasteiger partial charge on any atom is -0.355 e. The van der Waals surface area contributed by atoms with Gasteiger partial charge in [-0.05, 0) is 37.0 Å². The summed E-state index contributed by atoms with van der Waals surface area (Å²) in [6.07, 6.45) is 2.86. The van der Waals surface area contributed by atoms with Gasteiger partial charge in [-0.1, -0.05) is 48.5 Å². The molecular formula is C27H27N7O2. The predicted molar refractivity (Wildman–Crippen MR) is 137 cm³/mol. The van der Waals surface area contributed by atoms with Gasteiger partial charge in [0.2, 0.25) is 11.7 Å². The summed E-state index contributed by atoms with van der Waals surface area (Å²) in [6.45, 7) is 3.25. The van der Waals surface area contributed by atoms with Crippen molar-refractivity contribution in [1.29, 1.82) is 0 Å². The van der Waals surface area contributed by atoms with E-state index in [0.29, 0.717) is 42.9 Å². The van der Waals surface area contributed by atoms with Crippen molar-refractivity contribution >= 4 is 34.5 Å². The Balaban J connectivity index is 1.26. The molecule has 6 rings (SSSR count). The smallest absolute Gasteiger partial charge is 0.287 e. The van der Waals surface area contributed by atoms with Gasteiger partial charge >= 0.3 is 0 Å². The molecule has 4 heterocycles. The minimum absolute atomic E-state index is 0.0699. The maximum atomic E-state index is 13.1. The van der Waals surface area contributed by atoms with Gasteiger partial charge in [0.25, 0.3) is 5.91 Å². The molecule has 2 aromatic carbocycles. The zero-order chi connectivity index (χ0) is 24.9. The summed E-state index contributed by atoms with van der Waals surface area (Å²) < 4.78 is 1.71. The first-order chi connectivity index (χ1) is 17.5. The lowest BCUT2D eigenvalue weighted by Gasteiger charge is -2.38. The van der Waals surface area contributed by atoms with E-state index in [1.54, 1.807) is 11.6 Å². The molecule has 1 saturated heterocycles. The first-order valence-electron chi connectivity index (χ1n) is 12.2. The van der Waals surface area contributed by atoms with Crippen LogP contribution in [-0.4, -0.2) is 44.4 Å². The summed E-state index contributed by atoms with van der Waals surface area (Å²) in [5.41, 5.74) is 3.68. The van der Waals surface area contributed by atoms with Gasteiger partial charge in [0.1, 0.15) is 6.33 Å². The van der Waals surface area contributed by atoms with E-state index in [-0.39, 0.29) is 23.7 Å². The number of nitrogens with zero attached hydrogens (tertiary/aromatic N) is 5. The second kappa shape index (κ2) is 8.44. The third-order valence-electron chi connectivity index (χ3n) is 7.53. The number of piperidine rings is 1. The van der Waals surface area contributed by atoms with E-state index in [4.69, 9.17) is 0 Å². The van der Waals surface area contributed by atoms with Gasteiger partial charge in [-0.3, -0.25) is 9.59 Å². The minimum atomic E-state index is -0.512. The molecule has 1 atom stereocenters. The number of para-hydroxylation sites is 1. The van der Waals surface area contributed by atoms with Crippen LogP contribution in [0.4, 0.5) is 11.5 Å². The number of nitrogens with one attached hydrogen (secondary N) is 2. The average molecular weight is 482 g/mol. The van der Waals surface area contributed by atoms with Gasteiger partial charge in [0, 0.05) is 25.8 Å². The van der Waals surface area contributed by atoms with Crippen molar-refractivity contribution in [3.8, 4) is 0 Å². The highest BCUT2D eigenvalue weighted by Crippen LogP contribution is 2.45. The molecule has 2 aromatic heterocycles. The number of carbonyl (C=O) groups is 2. The van der Waals surface area contributed by atoms with Gasteiger partial charge in [0.05, 0.1) is 11.5 Å². The highest BCUT2D eigenvalue weighted by atomic mass is 16.2. The van der Waals surface area contributed by atoms with E-state index in [2.05, 4.69) is 30.5 Å². The number of hydrogen-bond acceptors (Lipinski definition) is 6. The summed E-state index contributed by atoms with van der Waals surface area (Å²) in [7, 11) is 1.79. The van der Waals surface area contributed by atoms with Crippen LogP contribution in [0, 0.1) is 0 Å². The second-order valence-corrected chi connectivity index (χ2v) is 9.54. The van der Waals surface area contributed by atoms with Crippen LogP contribution in [-0.2, 0) is 17.3 Å². The number of benzene rings is 2. The Kier molecular flexibility index (Phi) is 5.21. The molecule has 182 valence electrons. The van der Waals surface area contributed by atoms with E-state index in [1.165, 1.54) is 6.33 Å². The second-order valence-electron chi connectivity index (χ2n) is 9.54. The van der Waals surface area contributed by atoms with Crippen LogP contribution in [0.15, 0.2) is 60.9 Å². The molecule has 1 spiro atoms. The van der Waals surface area contributed by atoms with Crippen LogP contribution in [0.3, 0.4) is 0 Å². The van der Waals surface area contributed by atoms with Crippen molar-refractivity contribution in [3.63, 3.8) is 0 Å². The highest BCUT2D eigenvalue weighted by molar-refractivity contribution is 6.06. The molecule has 0 bridgehead atoms. The standard InChI is InChI=1S/C27H27N7O2/c1-17(18-8-4-3-5-9-18)30-25(35)24-32-21-22(33(24)2)28-16-29-23(21)34-14-12-27(13-15-34)19-10-6-7-11-20(19)31-26(27)36/h3-11,16-17H,12-15H2,1-2H3,(H,30,35)(H,31,36). The van der Waals surface area contributed by atoms with Crippen molar-refractivity contribution in [2.75, 3.05) is 23.3 Å². The van der Waals surface area contributed by atoms with E-state index in [0.717, 1.165) is 16.8 Å². The third-order valence-corrected chi connectivity index (χ3v) is 7.53. The number of amides is 2. The lowest BCUT2D eigenvalue weighted by Crippen LogP contribution is -2.46. The molecule has 2 amide bonds. The Labute approximate surface area is 208 Å². The number of carbonyl (C=O) groups excluding carboxylic acids is 2. The maximum absolute atomic E-state index is 13.1. The van der Waals surface area contributed by atoms with Gasteiger partial charge in [-0.2, -0.15) is 0 Å². The van der Waals surface area contributed by atoms with Gasteiger partial charge in [-0.25, -0.2) is 15.0 Å². The van der Waals surface area contributed by atoms with Crippen molar-refractivity contribution in [2.45, 2.75) is 31.2 Å². The summed E-state index contributed by atoms with van der Waals surface area (Å²) >= 11 is 0. The first-order valence-corrected chi connectivity index (χ1v) is 12.2. The molecule has 1 fully saturated rings. The summed E-state index contributed by atoms with van der Waals surface area (Å²) in [6, 6.07) is 17.6. The number of imidazole rings is 1. The lowest BCUT2D eigenvalue weighted by molar-refractivity contribution is -0.121. The number of hydrogen-bond donors (Lipinski definition) is 2. The van der Waals surface area contributed by atoms with Gasteiger partial charge in [-0.15, -0.1) is 0 Å². The van der Waals surface area contributed by atoms with Crippen LogP contribution >= 0.6 is 0 Å². The average Bonchev–Trinajstić information content (AvgIpc) is 3.39. The van der Waals surface area contributed by atoms with Gasteiger partial charge < -0.3 is 20.1 Å². The number of fused-ring (bicyclic) bond motifs is 3. The Bertz CT molecular complexity index is 1470. The molecule has 1 unspecified atom stereocenters. The largest absolute Gasteiger partial charge is 0.355 e. The monoisotopic (exact) mass is 481 g/mol. The fourth-order valence-corrected chi connectivity index (χ4v) is 5.48. The topological polar surface area (TPSA) is 105 Å².